The molecule has 2 unspecified atom stereocenters. The van der Waals surface area contributed by atoms with Crippen LogP contribution in [0.4, 0.5) is 0 Å². The SMILES string of the molecule is CN1CC(O)CC1COI. The second-order valence-corrected chi connectivity index (χ2v) is 3.38. The Morgan fingerprint density at radius 2 is 2.50 bits per heavy atom. The molecule has 2 atom stereocenters. The lowest BCUT2D eigenvalue weighted by Crippen LogP contribution is -2.28. The van der Waals surface area contributed by atoms with Gasteiger partial charge in [0.05, 0.1) is 12.7 Å². The van der Waals surface area contributed by atoms with Gasteiger partial charge in [-0.1, -0.05) is 0 Å². The van der Waals surface area contributed by atoms with Crippen LogP contribution in [0.25, 0.3) is 0 Å². The van der Waals surface area contributed by atoms with Gasteiger partial charge in [-0.3, -0.25) is 4.90 Å². The molecule has 0 bridgehead atoms. The first-order valence-corrected chi connectivity index (χ1v) is 4.24. The predicted molar refractivity (Wildman–Crippen MR) is 47.0 cm³/mol. The van der Waals surface area contributed by atoms with Crippen LogP contribution in [0, 0.1) is 0 Å². The van der Waals surface area contributed by atoms with Crippen LogP contribution in [-0.4, -0.2) is 42.4 Å². The van der Waals surface area contributed by atoms with Crippen molar-refractivity contribution in [1.29, 1.82) is 0 Å². The van der Waals surface area contributed by atoms with Gasteiger partial charge in [0.2, 0.25) is 0 Å². The number of aliphatic hydroxyl groups excluding tert-OH is 1. The molecule has 0 aromatic carbocycles. The van der Waals surface area contributed by atoms with E-state index in [1.54, 1.807) is 0 Å². The Kier molecular flexibility index (Phi) is 3.35. The Labute approximate surface area is 75.0 Å². The fraction of sp³-hybridized carbons (Fsp3) is 1.00. The van der Waals surface area contributed by atoms with Crippen molar-refractivity contribution in [2.75, 3.05) is 20.2 Å². The largest absolute Gasteiger partial charge is 0.392 e. The van der Waals surface area contributed by atoms with E-state index < -0.39 is 0 Å². The minimum atomic E-state index is -0.151. The lowest BCUT2D eigenvalue weighted by Gasteiger charge is -2.16. The summed E-state index contributed by atoms with van der Waals surface area (Å²) < 4.78 is 4.96. The summed E-state index contributed by atoms with van der Waals surface area (Å²) in [5, 5.41) is 9.20. The first kappa shape index (κ1) is 8.70. The van der Waals surface area contributed by atoms with Gasteiger partial charge >= 0.3 is 0 Å². The van der Waals surface area contributed by atoms with Gasteiger partial charge < -0.3 is 8.17 Å². The summed E-state index contributed by atoms with van der Waals surface area (Å²) >= 11 is 1.89. The number of hydrogen-bond acceptors (Lipinski definition) is 3. The Morgan fingerprint density at radius 3 is 2.90 bits per heavy atom. The summed E-state index contributed by atoms with van der Waals surface area (Å²) in [6, 6.07) is 0.409. The van der Waals surface area contributed by atoms with Crippen molar-refractivity contribution in [3.63, 3.8) is 0 Å². The van der Waals surface area contributed by atoms with Crippen molar-refractivity contribution in [2.24, 2.45) is 0 Å². The molecule has 1 aliphatic heterocycles. The maximum absolute atomic E-state index is 9.20. The third-order valence-electron chi connectivity index (χ3n) is 1.92. The van der Waals surface area contributed by atoms with Crippen LogP contribution >= 0.6 is 23.0 Å². The summed E-state index contributed by atoms with van der Waals surface area (Å²) in [5.41, 5.74) is 0. The molecule has 0 amide bonds. The maximum Gasteiger partial charge on any atom is 0.109 e. The summed E-state index contributed by atoms with van der Waals surface area (Å²) in [6.45, 7) is 1.50. The molecule has 60 valence electrons. The Morgan fingerprint density at radius 1 is 1.80 bits per heavy atom. The molecular formula is C6H12INO2. The van der Waals surface area contributed by atoms with Crippen molar-refractivity contribution in [1.82, 2.24) is 4.90 Å². The monoisotopic (exact) mass is 257 g/mol. The van der Waals surface area contributed by atoms with Crippen LogP contribution < -0.4 is 0 Å². The van der Waals surface area contributed by atoms with Gasteiger partial charge in [-0.05, 0) is 13.5 Å². The van der Waals surface area contributed by atoms with E-state index >= 15 is 0 Å². The summed E-state index contributed by atoms with van der Waals surface area (Å²) in [7, 11) is 2.01. The summed E-state index contributed by atoms with van der Waals surface area (Å²) in [5.74, 6) is 0. The molecule has 0 aromatic heterocycles. The number of hydrogen-bond donors (Lipinski definition) is 1. The first-order valence-electron chi connectivity index (χ1n) is 3.36. The first-order chi connectivity index (χ1) is 4.74. The predicted octanol–water partition coefficient (Wildman–Crippen LogP) is 0.418. The van der Waals surface area contributed by atoms with E-state index in [-0.39, 0.29) is 6.10 Å². The number of halogens is 1. The van der Waals surface area contributed by atoms with Gasteiger partial charge in [0.25, 0.3) is 0 Å². The van der Waals surface area contributed by atoms with Crippen molar-refractivity contribution < 1.29 is 8.17 Å². The Balaban J connectivity index is 2.31. The second-order valence-electron chi connectivity index (χ2n) is 2.76. The highest BCUT2D eigenvalue weighted by molar-refractivity contribution is 14.1. The minimum Gasteiger partial charge on any atom is -0.392 e. The highest BCUT2D eigenvalue weighted by Crippen LogP contribution is 2.16. The molecule has 1 heterocycles. The average Bonchev–Trinajstić information content (AvgIpc) is 2.13. The molecule has 0 aliphatic carbocycles. The van der Waals surface area contributed by atoms with Gasteiger partial charge in [0.15, 0.2) is 0 Å². The summed E-state index contributed by atoms with van der Waals surface area (Å²) in [6.07, 6.45) is 0.695. The zero-order valence-corrected chi connectivity index (χ0v) is 8.11. The normalized spacial score (nSPS) is 35.1. The highest BCUT2D eigenvalue weighted by atomic mass is 127. The smallest absolute Gasteiger partial charge is 0.109 e. The fourth-order valence-corrected chi connectivity index (χ4v) is 1.73. The minimum absolute atomic E-state index is 0.151. The van der Waals surface area contributed by atoms with Gasteiger partial charge in [-0.2, -0.15) is 0 Å². The third kappa shape index (κ3) is 2.05. The zero-order chi connectivity index (χ0) is 7.56. The number of likely N-dealkylation sites (N-methyl/N-ethyl adjacent to an activating group) is 1. The molecule has 0 radical (unpaired) electrons. The molecule has 10 heavy (non-hydrogen) atoms. The van der Waals surface area contributed by atoms with Crippen molar-refractivity contribution >= 4 is 23.0 Å². The molecule has 1 saturated heterocycles. The maximum atomic E-state index is 9.20. The van der Waals surface area contributed by atoms with Gasteiger partial charge in [0.1, 0.15) is 23.0 Å². The van der Waals surface area contributed by atoms with E-state index in [1.165, 1.54) is 0 Å². The molecule has 3 nitrogen and oxygen atoms in total. The molecule has 1 N–H and O–H groups in total. The fourth-order valence-electron chi connectivity index (χ4n) is 1.32. The second kappa shape index (κ2) is 3.85. The van der Waals surface area contributed by atoms with Crippen LogP contribution in [0.3, 0.4) is 0 Å². The van der Waals surface area contributed by atoms with Gasteiger partial charge in [-0.25, -0.2) is 0 Å². The number of rotatable bonds is 2. The van der Waals surface area contributed by atoms with Crippen LogP contribution in [-0.2, 0) is 3.07 Å². The van der Waals surface area contributed by atoms with Gasteiger partial charge in [-0.15, -0.1) is 0 Å². The number of nitrogens with zero attached hydrogens (tertiary/aromatic N) is 1. The lowest BCUT2D eigenvalue weighted by atomic mass is 10.2. The topological polar surface area (TPSA) is 32.7 Å². The number of likely N-dealkylation sites (tertiary alicyclic amines) is 1. The van der Waals surface area contributed by atoms with Crippen molar-refractivity contribution in [2.45, 2.75) is 18.6 Å². The molecule has 4 heteroatoms. The molecular weight excluding hydrogens is 245 g/mol. The van der Waals surface area contributed by atoms with E-state index in [9.17, 15) is 5.11 Å². The van der Waals surface area contributed by atoms with E-state index in [1.807, 2.05) is 30.1 Å². The summed E-state index contributed by atoms with van der Waals surface area (Å²) in [4.78, 5) is 2.13. The van der Waals surface area contributed by atoms with Crippen LogP contribution in [0.5, 0.6) is 0 Å². The highest BCUT2D eigenvalue weighted by Gasteiger charge is 2.27. The van der Waals surface area contributed by atoms with E-state index in [2.05, 4.69) is 4.90 Å². The van der Waals surface area contributed by atoms with E-state index in [0.29, 0.717) is 12.6 Å². The average molecular weight is 257 g/mol. The number of aliphatic hydroxyl groups is 1. The standard InChI is InChI=1S/C6H12INO2/c1-8-3-6(9)2-5(8)4-10-7/h5-6,9H,2-4H2,1H3. The van der Waals surface area contributed by atoms with Crippen LogP contribution in [0.15, 0.2) is 0 Å². The molecule has 1 aliphatic rings. The molecule has 0 aromatic rings. The quantitative estimate of drug-likeness (QED) is 0.728. The zero-order valence-electron chi connectivity index (χ0n) is 5.96. The molecule has 1 rings (SSSR count). The molecule has 0 spiro atoms. The Bertz CT molecular complexity index is 112. The third-order valence-corrected chi connectivity index (χ3v) is 2.28. The van der Waals surface area contributed by atoms with Crippen LogP contribution in [0.2, 0.25) is 0 Å². The van der Waals surface area contributed by atoms with Crippen molar-refractivity contribution in [3.05, 3.63) is 0 Å². The van der Waals surface area contributed by atoms with E-state index in [0.717, 1.165) is 13.0 Å². The molecule has 1 fully saturated rings. The van der Waals surface area contributed by atoms with Crippen molar-refractivity contribution in [3.8, 4) is 0 Å². The lowest BCUT2D eigenvalue weighted by molar-refractivity contribution is 0.182. The number of β-amino-alcohol motifs (C(OH)–C–C–N with tert-alkyl or cyclic N) is 1. The molecule has 0 saturated carbocycles. The van der Waals surface area contributed by atoms with E-state index in [4.69, 9.17) is 3.07 Å². The van der Waals surface area contributed by atoms with Gasteiger partial charge in [0, 0.05) is 12.6 Å². The van der Waals surface area contributed by atoms with Crippen LogP contribution in [0.1, 0.15) is 6.42 Å². The Hall–Kier alpha value is 0.610.